The van der Waals surface area contributed by atoms with Gasteiger partial charge in [-0.15, -0.1) is 11.3 Å². The van der Waals surface area contributed by atoms with Gasteiger partial charge in [0.05, 0.1) is 17.7 Å². The second kappa shape index (κ2) is 6.02. The van der Waals surface area contributed by atoms with Crippen LogP contribution in [0.15, 0.2) is 26.4 Å². The fourth-order valence-corrected chi connectivity index (χ4v) is 5.62. The Bertz CT molecular complexity index is 783. The Kier molecular flexibility index (Phi) is 3.98. The molecule has 24 heavy (non-hydrogen) atoms. The number of carbonyl (C=O) groups excluding carboxylic acids is 1. The standard InChI is InChI=1S/C16H17N3O3S2/c1-2-9-11-5-12(13(15(21)22)19(11)14(9)20)24-16-18-10(7-23-16)8-3-4-17-6-8/h3,7,9,11,17H,2,4-6H2,1H3,(H,21,22)/t9-,11?/m1/s1. The average molecular weight is 363 g/mol. The SMILES string of the molecule is CC[C@H]1C(=O)N2C(C(=O)O)=C(Sc3nc(C4=CCNC4)cs3)CC12. The lowest BCUT2D eigenvalue weighted by atomic mass is 9.85. The predicted octanol–water partition coefficient (Wildman–Crippen LogP) is 2.16. The van der Waals surface area contributed by atoms with Crippen molar-refractivity contribution < 1.29 is 14.7 Å². The van der Waals surface area contributed by atoms with Gasteiger partial charge in [0.2, 0.25) is 5.91 Å². The van der Waals surface area contributed by atoms with E-state index in [2.05, 4.69) is 16.4 Å². The number of nitrogens with zero attached hydrogens (tertiary/aromatic N) is 2. The summed E-state index contributed by atoms with van der Waals surface area (Å²) in [6.07, 6.45) is 3.50. The molecule has 1 fully saturated rings. The van der Waals surface area contributed by atoms with Crippen LogP contribution in [0.5, 0.6) is 0 Å². The number of β-lactam (4-membered cyclic amide) rings is 1. The van der Waals surface area contributed by atoms with Crippen LogP contribution in [0, 0.1) is 5.92 Å². The van der Waals surface area contributed by atoms with Gasteiger partial charge in [-0.05, 0) is 12.0 Å². The van der Waals surface area contributed by atoms with E-state index in [1.807, 2.05) is 12.3 Å². The van der Waals surface area contributed by atoms with Crippen molar-refractivity contribution in [3.8, 4) is 0 Å². The van der Waals surface area contributed by atoms with E-state index in [4.69, 9.17) is 0 Å². The predicted molar refractivity (Wildman–Crippen MR) is 92.5 cm³/mol. The van der Waals surface area contributed by atoms with Crippen molar-refractivity contribution in [2.45, 2.75) is 30.1 Å². The van der Waals surface area contributed by atoms with E-state index in [0.717, 1.165) is 34.4 Å². The Hall–Kier alpha value is -1.64. The number of aliphatic carboxylic acids is 1. The lowest BCUT2D eigenvalue weighted by Crippen LogP contribution is -2.58. The molecule has 1 saturated heterocycles. The van der Waals surface area contributed by atoms with E-state index in [1.54, 1.807) is 0 Å². The summed E-state index contributed by atoms with van der Waals surface area (Å²) < 4.78 is 0.828. The molecule has 126 valence electrons. The van der Waals surface area contributed by atoms with Gasteiger partial charge in [-0.2, -0.15) is 0 Å². The summed E-state index contributed by atoms with van der Waals surface area (Å²) in [6, 6.07) is 0.0114. The van der Waals surface area contributed by atoms with Crippen molar-refractivity contribution in [2.24, 2.45) is 5.92 Å². The summed E-state index contributed by atoms with van der Waals surface area (Å²) in [5.41, 5.74) is 2.29. The van der Waals surface area contributed by atoms with Crippen molar-refractivity contribution in [3.05, 3.63) is 27.8 Å². The van der Waals surface area contributed by atoms with Gasteiger partial charge < -0.3 is 15.3 Å². The first kappa shape index (κ1) is 15.9. The summed E-state index contributed by atoms with van der Waals surface area (Å²) >= 11 is 2.91. The largest absolute Gasteiger partial charge is 0.477 e. The summed E-state index contributed by atoms with van der Waals surface area (Å²) in [5, 5.41) is 14.8. The van der Waals surface area contributed by atoms with Crippen LogP contribution in [0.1, 0.15) is 25.5 Å². The van der Waals surface area contributed by atoms with E-state index >= 15 is 0 Å². The highest BCUT2D eigenvalue weighted by Crippen LogP contribution is 2.49. The lowest BCUT2D eigenvalue weighted by Gasteiger charge is -2.42. The highest BCUT2D eigenvalue weighted by Gasteiger charge is 2.54. The van der Waals surface area contributed by atoms with Crippen molar-refractivity contribution in [3.63, 3.8) is 0 Å². The van der Waals surface area contributed by atoms with Crippen molar-refractivity contribution in [1.82, 2.24) is 15.2 Å². The minimum absolute atomic E-state index is 0.0114. The number of hydrogen-bond donors (Lipinski definition) is 2. The molecule has 2 N–H and O–H groups in total. The van der Waals surface area contributed by atoms with Gasteiger partial charge in [-0.1, -0.05) is 24.8 Å². The third-order valence-corrected chi connectivity index (χ3v) is 6.77. The molecule has 3 aliphatic rings. The molecule has 0 spiro atoms. The number of fused-ring (bicyclic) bond motifs is 1. The van der Waals surface area contributed by atoms with Crippen LogP contribution in [-0.4, -0.2) is 46.0 Å². The van der Waals surface area contributed by atoms with Gasteiger partial charge in [0.1, 0.15) is 5.70 Å². The molecule has 3 aliphatic heterocycles. The average Bonchev–Trinajstić information content (AvgIpc) is 3.26. The molecule has 0 aromatic carbocycles. The molecule has 0 aliphatic carbocycles. The minimum atomic E-state index is -1.03. The Morgan fingerprint density at radius 2 is 2.42 bits per heavy atom. The van der Waals surface area contributed by atoms with Crippen LogP contribution in [-0.2, 0) is 9.59 Å². The van der Waals surface area contributed by atoms with Crippen molar-refractivity contribution in [1.29, 1.82) is 0 Å². The topological polar surface area (TPSA) is 82.5 Å². The highest BCUT2D eigenvalue weighted by atomic mass is 32.2. The minimum Gasteiger partial charge on any atom is -0.477 e. The number of hydrogen-bond acceptors (Lipinski definition) is 6. The number of amides is 1. The van der Waals surface area contributed by atoms with Crippen LogP contribution >= 0.6 is 23.1 Å². The third kappa shape index (κ3) is 2.40. The molecule has 4 heterocycles. The van der Waals surface area contributed by atoms with Crippen LogP contribution in [0.25, 0.3) is 5.57 Å². The number of aromatic nitrogens is 1. The molecule has 6 nitrogen and oxygen atoms in total. The van der Waals surface area contributed by atoms with Crippen molar-refractivity contribution >= 4 is 40.5 Å². The lowest BCUT2D eigenvalue weighted by molar-refractivity contribution is -0.155. The van der Waals surface area contributed by atoms with E-state index in [1.165, 1.54) is 33.6 Å². The first-order valence-electron chi connectivity index (χ1n) is 7.93. The molecule has 1 aromatic heterocycles. The van der Waals surface area contributed by atoms with Gasteiger partial charge in [0, 0.05) is 29.8 Å². The third-order valence-electron chi connectivity index (χ3n) is 4.72. The summed E-state index contributed by atoms with van der Waals surface area (Å²) in [7, 11) is 0. The van der Waals surface area contributed by atoms with Crippen LogP contribution in [0.4, 0.5) is 0 Å². The Morgan fingerprint density at radius 1 is 1.58 bits per heavy atom. The Labute approximate surface area is 147 Å². The maximum Gasteiger partial charge on any atom is 0.353 e. The zero-order valence-electron chi connectivity index (χ0n) is 13.1. The highest BCUT2D eigenvalue weighted by molar-refractivity contribution is 8.04. The molecule has 0 radical (unpaired) electrons. The molecule has 4 rings (SSSR count). The van der Waals surface area contributed by atoms with Gasteiger partial charge in [-0.25, -0.2) is 9.78 Å². The number of rotatable bonds is 5. The molecule has 0 bridgehead atoms. The number of nitrogens with one attached hydrogen (secondary N) is 1. The maximum atomic E-state index is 12.2. The Morgan fingerprint density at radius 3 is 3.08 bits per heavy atom. The number of thiazole rings is 1. The van der Waals surface area contributed by atoms with Gasteiger partial charge in [0.15, 0.2) is 4.34 Å². The monoisotopic (exact) mass is 363 g/mol. The molecular formula is C16H17N3O3S2. The van der Waals surface area contributed by atoms with E-state index in [-0.39, 0.29) is 23.6 Å². The zero-order chi connectivity index (χ0) is 16.8. The van der Waals surface area contributed by atoms with Gasteiger partial charge in [0.25, 0.3) is 0 Å². The number of thioether (sulfide) groups is 1. The quantitative estimate of drug-likeness (QED) is 0.780. The second-order valence-corrected chi connectivity index (χ2v) is 8.23. The molecule has 8 heteroatoms. The zero-order valence-corrected chi connectivity index (χ0v) is 14.7. The fourth-order valence-electron chi connectivity index (χ4n) is 3.52. The van der Waals surface area contributed by atoms with Crippen LogP contribution in [0.2, 0.25) is 0 Å². The summed E-state index contributed by atoms with van der Waals surface area (Å²) in [5.74, 6) is -1.13. The fraction of sp³-hybridized carbons (Fsp3) is 0.438. The molecule has 1 aromatic rings. The Balaban J connectivity index is 1.58. The van der Waals surface area contributed by atoms with E-state index in [9.17, 15) is 14.7 Å². The van der Waals surface area contributed by atoms with Gasteiger partial charge >= 0.3 is 5.97 Å². The maximum absolute atomic E-state index is 12.2. The number of carboxylic acids is 1. The molecular weight excluding hydrogens is 346 g/mol. The first-order chi connectivity index (χ1) is 11.6. The summed E-state index contributed by atoms with van der Waals surface area (Å²) in [6.45, 7) is 3.65. The molecule has 2 atom stereocenters. The van der Waals surface area contributed by atoms with Gasteiger partial charge in [-0.3, -0.25) is 4.79 Å². The van der Waals surface area contributed by atoms with E-state index < -0.39 is 5.97 Å². The van der Waals surface area contributed by atoms with Crippen LogP contribution in [0.3, 0.4) is 0 Å². The number of carbonyl (C=O) groups is 2. The molecule has 0 saturated carbocycles. The smallest absolute Gasteiger partial charge is 0.353 e. The summed E-state index contributed by atoms with van der Waals surface area (Å²) in [4.78, 5) is 30.6. The molecule has 1 amide bonds. The molecule has 1 unspecified atom stereocenters. The van der Waals surface area contributed by atoms with E-state index in [0.29, 0.717) is 6.42 Å². The van der Waals surface area contributed by atoms with Crippen molar-refractivity contribution in [2.75, 3.05) is 13.1 Å². The number of carboxylic acid groups (broad SMARTS) is 1. The second-order valence-electron chi connectivity index (χ2n) is 6.03. The normalized spacial score (nSPS) is 25.8. The van der Waals surface area contributed by atoms with Crippen LogP contribution < -0.4 is 5.32 Å². The first-order valence-corrected chi connectivity index (χ1v) is 9.62.